The Morgan fingerprint density at radius 3 is 2.18 bits per heavy atom. The number of methoxy groups -OCH3 is 1. The van der Waals surface area contributed by atoms with Crippen molar-refractivity contribution in [2.75, 3.05) is 25.0 Å². The summed E-state index contributed by atoms with van der Waals surface area (Å²) in [6.45, 7) is 1.30. The van der Waals surface area contributed by atoms with Crippen LogP contribution in [-0.2, 0) is 26.2 Å². The SMILES string of the molecule is CC[C@@H](C(=O)NC)N(Cc1ccc(Cl)cc1)C(=O)CN(c1cccc(Cl)c1)S(=O)(=O)c1ccc(OC)cc1. The smallest absolute Gasteiger partial charge is 0.264 e. The first-order valence-corrected chi connectivity index (χ1v) is 14.0. The van der Waals surface area contributed by atoms with Crippen LogP contribution in [0, 0.1) is 0 Å². The molecular formula is C27H29Cl2N3O5S. The molecule has 0 spiro atoms. The number of likely N-dealkylation sites (N-methyl/N-ethyl adjacent to an activating group) is 1. The molecule has 11 heteroatoms. The number of rotatable bonds is 11. The van der Waals surface area contributed by atoms with E-state index in [1.165, 1.54) is 49.4 Å². The maximum Gasteiger partial charge on any atom is 0.264 e. The van der Waals surface area contributed by atoms with E-state index in [0.717, 1.165) is 9.87 Å². The van der Waals surface area contributed by atoms with Crippen molar-refractivity contribution in [3.63, 3.8) is 0 Å². The molecule has 0 bridgehead atoms. The number of benzene rings is 3. The van der Waals surface area contributed by atoms with Crippen LogP contribution >= 0.6 is 23.2 Å². The number of ether oxygens (including phenoxy) is 1. The Morgan fingerprint density at radius 2 is 1.63 bits per heavy atom. The minimum absolute atomic E-state index is 0.0336. The highest BCUT2D eigenvalue weighted by atomic mass is 35.5. The van der Waals surface area contributed by atoms with Crippen molar-refractivity contribution in [2.45, 2.75) is 30.8 Å². The maximum atomic E-state index is 13.8. The first-order valence-electron chi connectivity index (χ1n) is 11.8. The van der Waals surface area contributed by atoms with Crippen molar-refractivity contribution >= 4 is 50.7 Å². The average molecular weight is 579 g/mol. The third kappa shape index (κ3) is 6.98. The van der Waals surface area contributed by atoms with Gasteiger partial charge in [-0.25, -0.2) is 8.42 Å². The zero-order valence-corrected chi connectivity index (χ0v) is 23.6. The predicted molar refractivity (Wildman–Crippen MR) is 149 cm³/mol. The number of carbonyl (C=O) groups is 2. The van der Waals surface area contributed by atoms with Gasteiger partial charge in [0.2, 0.25) is 11.8 Å². The van der Waals surface area contributed by atoms with Gasteiger partial charge in [0.1, 0.15) is 18.3 Å². The molecule has 8 nitrogen and oxygen atoms in total. The quantitative estimate of drug-likeness (QED) is 0.354. The number of hydrogen-bond donors (Lipinski definition) is 1. The lowest BCUT2D eigenvalue weighted by Gasteiger charge is -2.33. The van der Waals surface area contributed by atoms with Crippen LogP contribution in [0.3, 0.4) is 0 Å². The minimum Gasteiger partial charge on any atom is -0.497 e. The van der Waals surface area contributed by atoms with Crippen molar-refractivity contribution < 1.29 is 22.7 Å². The first kappa shape index (κ1) is 29.3. The highest BCUT2D eigenvalue weighted by Gasteiger charge is 2.33. The summed E-state index contributed by atoms with van der Waals surface area (Å²) in [6.07, 6.45) is 0.321. The van der Waals surface area contributed by atoms with E-state index < -0.39 is 28.5 Å². The van der Waals surface area contributed by atoms with Gasteiger partial charge >= 0.3 is 0 Å². The normalized spacial score (nSPS) is 11.9. The molecule has 0 radical (unpaired) electrons. The molecule has 0 aliphatic carbocycles. The number of carbonyl (C=O) groups excluding carboxylic acids is 2. The average Bonchev–Trinajstić information content (AvgIpc) is 2.92. The molecular weight excluding hydrogens is 549 g/mol. The lowest BCUT2D eigenvalue weighted by Crippen LogP contribution is -2.51. The fraction of sp³-hybridized carbons (Fsp3) is 0.259. The molecule has 0 heterocycles. The Morgan fingerprint density at radius 1 is 0.974 bits per heavy atom. The van der Waals surface area contributed by atoms with Crippen molar-refractivity contribution in [2.24, 2.45) is 0 Å². The number of amides is 2. The number of nitrogens with one attached hydrogen (secondary N) is 1. The fourth-order valence-corrected chi connectivity index (χ4v) is 5.62. The summed E-state index contributed by atoms with van der Waals surface area (Å²) in [5.74, 6) is -0.436. The number of nitrogens with zero attached hydrogens (tertiary/aromatic N) is 2. The zero-order valence-electron chi connectivity index (χ0n) is 21.2. The molecule has 0 fully saturated rings. The fourth-order valence-electron chi connectivity index (χ4n) is 3.91. The van der Waals surface area contributed by atoms with Crippen LogP contribution in [0.1, 0.15) is 18.9 Å². The van der Waals surface area contributed by atoms with E-state index in [4.69, 9.17) is 27.9 Å². The summed E-state index contributed by atoms with van der Waals surface area (Å²) < 4.78 is 33.7. The van der Waals surface area contributed by atoms with E-state index in [-0.39, 0.29) is 23.0 Å². The van der Waals surface area contributed by atoms with Gasteiger partial charge in [-0.2, -0.15) is 0 Å². The lowest BCUT2D eigenvalue weighted by atomic mass is 10.1. The molecule has 0 saturated carbocycles. The van der Waals surface area contributed by atoms with E-state index in [9.17, 15) is 18.0 Å². The van der Waals surface area contributed by atoms with Gasteiger partial charge in [0.15, 0.2) is 0 Å². The Balaban J connectivity index is 2.05. The van der Waals surface area contributed by atoms with Crippen molar-refractivity contribution in [3.8, 4) is 5.75 Å². The van der Waals surface area contributed by atoms with Crippen LogP contribution in [0.4, 0.5) is 5.69 Å². The van der Waals surface area contributed by atoms with Gasteiger partial charge in [-0.3, -0.25) is 13.9 Å². The van der Waals surface area contributed by atoms with E-state index in [1.54, 1.807) is 49.4 Å². The molecule has 1 atom stereocenters. The highest BCUT2D eigenvalue weighted by molar-refractivity contribution is 7.92. The van der Waals surface area contributed by atoms with E-state index >= 15 is 0 Å². The summed E-state index contributed by atoms with van der Waals surface area (Å²) in [4.78, 5) is 27.9. The molecule has 2 amide bonds. The number of halogens is 2. The van der Waals surface area contributed by atoms with Gasteiger partial charge in [-0.05, 0) is 66.6 Å². The van der Waals surface area contributed by atoms with E-state index in [2.05, 4.69) is 5.32 Å². The summed E-state index contributed by atoms with van der Waals surface area (Å²) in [5.41, 5.74) is 0.943. The van der Waals surface area contributed by atoms with Crippen LogP contribution in [0.15, 0.2) is 77.7 Å². The second-order valence-electron chi connectivity index (χ2n) is 8.35. The Kier molecular flexibility index (Phi) is 10.0. The Bertz CT molecular complexity index is 1370. The third-order valence-electron chi connectivity index (χ3n) is 5.92. The molecule has 0 aliphatic heterocycles. The molecule has 3 aromatic carbocycles. The van der Waals surface area contributed by atoms with Crippen LogP contribution in [0.5, 0.6) is 5.75 Å². The van der Waals surface area contributed by atoms with Gasteiger partial charge in [0.25, 0.3) is 10.0 Å². The van der Waals surface area contributed by atoms with Gasteiger partial charge in [-0.15, -0.1) is 0 Å². The van der Waals surface area contributed by atoms with E-state index in [1.807, 2.05) is 0 Å². The van der Waals surface area contributed by atoms with Gasteiger partial charge in [0.05, 0.1) is 17.7 Å². The molecule has 0 aliphatic rings. The number of hydrogen-bond acceptors (Lipinski definition) is 5. The third-order valence-corrected chi connectivity index (χ3v) is 8.20. The van der Waals surface area contributed by atoms with Crippen molar-refractivity contribution in [1.29, 1.82) is 0 Å². The largest absolute Gasteiger partial charge is 0.497 e. The molecule has 38 heavy (non-hydrogen) atoms. The number of sulfonamides is 1. The minimum atomic E-state index is -4.21. The molecule has 0 unspecified atom stereocenters. The van der Waals surface area contributed by atoms with Crippen LogP contribution in [0.2, 0.25) is 10.0 Å². The standard InChI is InChI=1S/C27H29Cl2N3O5S/c1-4-25(27(34)30-2)31(17-19-8-10-20(28)11-9-19)26(33)18-32(22-7-5-6-21(29)16-22)38(35,36)24-14-12-23(37-3)13-15-24/h5-16,25H,4,17-18H2,1-3H3,(H,30,34)/t25-/m0/s1. The molecule has 0 aromatic heterocycles. The molecule has 0 saturated heterocycles. The summed E-state index contributed by atoms with van der Waals surface area (Å²) in [5, 5.41) is 3.43. The van der Waals surface area contributed by atoms with Crippen LogP contribution in [0.25, 0.3) is 0 Å². The van der Waals surface area contributed by atoms with Crippen LogP contribution in [-0.4, -0.2) is 51.9 Å². The van der Waals surface area contributed by atoms with Gasteiger partial charge < -0.3 is 15.0 Å². The van der Waals surface area contributed by atoms with Crippen molar-refractivity contribution in [3.05, 3.63) is 88.4 Å². The van der Waals surface area contributed by atoms with E-state index in [0.29, 0.717) is 22.2 Å². The monoisotopic (exact) mass is 577 g/mol. The van der Waals surface area contributed by atoms with Crippen LogP contribution < -0.4 is 14.4 Å². The predicted octanol–water partition coefficient (Wildman–Crippen LogP) is 4.75. The molecule has 1 N–H and O–H groups in total. The Hall–Kier alpha value is -3.27. The second-order valence-corrected chi connectivity index (χ2v) is 11.1. The summed E-state index contributed by atoms with van der Waals surface area (Å²) in [6, 6.07) is 18.1. The summed E-state index contributed by atoms with van der Waals surface area (Å²) >= 11 is 12.2. The highest BCUT2D eigenvalue weighted by Crippen LogP contribution is 2.28. The van der Waals surface area contributed by atoms with Gasteiger partial charge in [0, 0.05) is 23.6 Å². The zero-order chi connectivity index (χ0) is 27.9. The maximum absolute atomic E-state index is 13.8. The molecule has 3 aromatic rings. The molecule has 202 valence electrons. The second kappa shape index (κ2) is 13.0. The van der Waals surface area contributed by atoms with Gasteiger partial charge in [-0.1, -0.05) is 48.3 Å². The summed E-state index contributed by atoms with van der Waals surface area (Å²) in [7, 11) is -1.24. The number of anilines is 1. The Labute approximate surface area is 233 Å². The lowest BCUT2D eigenvalue weighted by molar-refractivity contribution is -0.140. The molecule has 3 rings (SSSR count). The topological polar surface area (TPSA) is 96.0 Å². The first-order chi connectivity index (χ1) is 18.1. The van der Waals surface area contributed by atoms with Crippen molar-refractivity contribution in [1.82, 2.24) is 10.2 Å².